The quantitative estimate of drug-likeness (QED) is 0.359. The summed E-state index contributed by atoms with van der Waals surface area (Å²) in [6.07, 6.45) is -5.43. The van der Waals surface area contributed by atoms with Crippen molar-refractivity contribution in [1.82, 2.24) is 20.2 Å². The van der Waals surface area contributed by atoms with Gasteiger partial charge in [0.1, 0.15) is 5.82 Å². The van der Waals surface area contributed by atoms with Crippen LogP contribution in [0.15, 0.2) is 35.1 Å². The third-order valence-electron chi connectivity index (χ3n) is 6.20. The van der Waals surface area contributed by atoms with Crippen LogP contribution < -0.4 is 10.9 Å². The molecule has 1 atom stereocenters. The Morgan fingerprint density at radius 2 is 1.62 bits per heavy atom. The van der Waals surface area contributed by atoms with Gasteiger partial charge in [0, 0.05) is 37.2 Å². The number of carboxylic acids is 2. The molecule has 0 radical (unpaired) electrons. The number of H-pyrrole nitrogens is 1. The summed E-state index contributed by atoms with van der Waals surface area (Å²) in [6, 6.07) is 10.00. The number of rotatable bonds is 6. The molecule has 16 heteroatoms. The molecule has 2 aromatic rings. The first-order valence-electron chi connectivity index (χ1n) is 12.9. The largest absolute Gasteiger partial charge is 0.490 e. The van der Waals surface area contributed by atoms with E-state index in [0.717, 1.165) is 63.3 Å². The lowest BCUT2D eigenvalue weighted by molar-refractivity contribution is -0.193. The van der Waals surface area contributed by atoms with Crippen LogP contribution in [0.4, 0.5) is 26.3 Å². The minimum Gasteiger partial charge on any atom is -0.475 e. The van der Waals surface area contributed by atoms with Crippen LogP contribution >= 0.6 is 0 Å². The molecule has 2 aliphatic rings. The summed E-state index contributed by atoms with van der Waals surface area (Å²) in [6.45, 7) is 4.67. The van der Waals surface area contributed by atoms with E-state index < -0.39 is 24.3 Å². The predicted molar refractivity (Wildman–Crippen MR) is 138 cm³/mol. The lowest BCUT2D eigenvalue weighted by Crippen LogP contribution is -2.28. The average Bonchev–Trinajstić information content (AvgIpc) is 3.41. The molecule has 42 heavy (non-hydrogen) atoms. The number of aliphatic carboxylic acids is 2. The molecule has 1 aromatic heterocycles. The van der Waals surface area contributed by atoms with Gasteiger partial charge < -0.3 is 25.3 Å². The first-order valence-corrected chi connectivity index (χ1v) is 12.9. The van der Waals surface area contributed by atoms with Gasteiger partial charge in [0.05, 0.1) is 11.8 Å². The van der Waals surface area contributed by atoms with Crippen LogP contribution in [0.3, 0.4) is 0 Å². The summed E-state index contributed by atoms with van der Waals surface area (Å²) in [7, 11) is 2.13. The highest BCUT2D eigenvalue weighted by Crippen LogP contribution is 2.25. The number of ether oxygens (including phenoxy) is 1. The third kappa shape index (κ3) is 12.2. The van der Waals surface area contributed by atoms with E-state index in [0.29, 0.717) is 17.8 Å². The number of likely N-dealkylation sites (N-methyl/N-ethyl adjacent to an activating group) is 1. The van der Waals surface area contributed by atoms with Crippen molar-refractivity contribution < 1.29 is 50.9 Å². The molecule has 2 saturated heterocycles. The van der Waals surface area contributed by atoms with Gasteiger partial charge in [-0.1, -0.05) is 18.2 Å². The number of aromatic amines is 1. The maximum Gasteiger partial charge on any atom is 0.490 e. The number of benzene rings is 1. The van der Waals surface area contributed by atoms with Crippen LogP contribution in [0.5, 0.6) is 0 Å². The molecular weight excluding hydrogens is 578 g/mol. The average molecular weight is 611 g/mol. The van der Waals surface area contributed by atoms with E-state index in [1.807, 2.05) is 12.1 Å². The smallest absolute Gasteiger partial charge is 0.475 e. The summed E-state index contributed by atoms with van der Waals surface area (Å²) in [5.74, 6) is -4.48. The molecule has 2 aliphatic heterocycles. The Bertz CT molecular complexity index is 1200. The van der Waals surface area contributed by atoms with Crippen molar-refractivity contribution in [1.29, 1.82) is 0 Å². The lowest BCUT2D eigenvalue weighted by Gasteiger charge is -2.22. The fraction of sp³-hybridized carbons (Fsp3) is 0.538. The summed E-state index contributed by atoms with van der Waals surface area (Å²) in [5.41, 5.74) is 3.03. The number of hydrogen-bond acceptors (Lipinski definition) is 7. The molecular formula is C26H32F6N4O6. The van der Waals surface area contributed by atoms with Crippen molar-refractivity contribution >= 4 is 11.9 Å². The highest BCUT2D eigenvalue weighted by molar-refractivity contribution is 5.73. The van der Waals surface area contributed by atoms with Crippen LogP contribution in [-0.4, -0.2) is 88.8 Å². The van der Waals surface area contributed by atoms with E-state index in [1.165, 1.54) is 12.0 Å². The van der Waals surface area contributed by atoms with Crippen LogP contribution in [0.1, 0.15) is 42.9 Å². The second-order valence-electron chi connectivity index (χ2n) is 9.68. The molecule has 3 heterocycles. The minimum absolute atomic E-state index is 0.0700. The van der Waals surface area contributed by atoms with E-state index in [2.05, 4.69) is 34.4 Å². The fourth-order valence-corrected chi connectivity index (χ4v) is 4.27. The molecule has 0 amide bonds. The van der Waals surface area contributed by atoms with Gasteiger partial charge in [-0.3, -0.25) is 9.69 Å². The predicted octanol–water partition coefficient (Wildman–Crippen LogP) is 3.78. The lowest BCUT2D eigenvalue weighted by atomic mass is 9.94. The Morgan fingerprint density at radius 1 is 1.02 bits per heavy atom. The van der Waals surface area contributed by atoms with E-state index in [1.54, 1.807) is 6.07 Å². The Kier molecular flexibility index (Phi) is 12.9. The normalized spacial score (nSPS) is 17.6. The van der Waals surface area contributed by atoms with E-state index in [4.69, 9.17) is 29.5 Å². The van der Waals surface area contributed by atoms with E-state index in [-0.39, 0.29) is 5.56 Å². The van der Waals surface area contributed by atoms with Gasteiger partial charge >= 0.3 is 24.3 Å². The number of hydrogen-bond donors (Lipinski definition) is 4. The van der Waals surface area contributed by atoms with Crippen molar-refractivity contribution in [2.24, 2.45) is 0 Å². The maximum absolute atomic E-state index is 12.2. The van der Waals surface area contributed by atoms with Crippen molar-refractivity contribution in [3.63, 3.8) is 0 Å². The Hall–Kier alpha value is -3.50. The van der Waals surface area contributed by atoms with Crippen LogP contribution in [0.25, 0.3) is 11.4 Å². The molecule has 0 aliphatic carbocycles. The highest BCUT2D eigenvalue weighted by Gasteiger charge is 2.38. The van der Waals surface area contributed by atoms with Gasteiger partial charge in [0.25, 0.3) is 5.56 Å². The second-order valence-corrected chi connectivity index (χ2v) is 9.68. The van der Waals surface area contributed by atoms with Gasteiger partial charge in [0.15, 0.2) is 0 Å². The highest BCUT2D eigenvalue weighted by atomic mass is 19.4. The minimum atomic E-state index is -5.08. The van der Waals surface area contributed by atoms with Crippen LogP contribution in [0.2, 0.25) is 0 Å². The van der Waals surface area contributed by atoms with Crippen molar-refractivity contribution in [3.05, 3.63) is 51.9 Å². The number of carbonyl (C=O) groups is 2. The van der Waals surface area contributed by atoms with Crippen molar-refractivity contribution in [2.45, 2.75) is 56.6 Å². The maximum atomic E-state index is 12.2. The Morgan fingerprint density at radius 3 is 2.14 bits per heavy atom. The SMILES string of the molecule is CN(Cc1cccc(-c2nc(C3CCNCC3)cc(=O)[nH]2)c1)CC1CCCO1.O=C(O)C(F)(F)F.O=C(O)C(F)(F)F. The summed E-state index contributed by atoms with van der Waals surface area (Å²) in [5, 5.41) is 17.6. The van der Waals surface area contributed by atoms with E-state index >= 15 is 0 Å². The first-order chi connectivity index (χ1) is 19.6. The molecule has 0 spiro atoms. The van der Waals surface area contributed by atoms with Crippen LogP contribution in [-0.2, 0) is 20.9 Å². The van der Waals surface area contributed by atoms with Gasteiger partial charge in [-0.2, -0.15) is 26.3 Å². The first kappa shape index (κ1) is 34.7. The van der Waals surface area contributed by atoms with Crippen molar-refractivity contribution in [3.8, 4) is 11.4 Å². The number of halogens is 6. The number of alkyl halides is 6. The molecule has 1 unspecified atom stereocenters. The number of piperidine rings is 1. The molecule has 10 nitrogen and oxygen atoms in total. The second kappa shape index (κ2) is 15.7. The molecule has 4 N–H and O–H groups in total. The number of aromatic nitrogens is 2. The third-order valence-corrected chi connectivity index (χ3v) is 6.20. The van der Waals surface area contributed by atoms with Crippen LogP contribution in [0, 0.1) is 0 Å². The zero-order chi connectivity index (χ0) is 31.5. The Balaban J connectivity index is 0.000000367. The Labute approximate surface area is 236 Å². The fourth-order valence-electron chi connectivity index (χ4n) is 4.27. The summed E-state index contributed by atoms with van der Waals surface area (Å²) >= 11 is 0. The number of nitrogens with zero attached hydrogens (tertiary/aromatic N) is 2. The number of nitrogens with one attached hydrogen (secondary N) is 2. The van der Waals surface area contributed by atoms with Gasteiger partial charge in [0.2, 0.25) is 0 Å². The molecule has 4 rings (SSSR count). The van der Waals surface area contributed by atoms with Crippen molar-refractivity contribution in [2.75, 3.05) is 33.3 Å². The molecule has 0 bridgehead atoms. The molecule has 234 valence electrons. The molecule has 2 fully saturated rings. The summed E-state index contributed by atoms with van der Waals surface area (Å²) in [4.78, 5) is 40.1. The van der Waals surface area contributed by atoms with Gasteiger partial charge in [-0.15, -0.1) is 0 Å². The number of carboxylic acid groups (broad SMARTS) is 2. The zero-order valence-corrected chi connectivity index (χ0v) is 22.6. The van der Waals surface area contributed by atoms with Gasteiger partial charge in [-0.05, 0) is 57.5 Å². The monoisotopic (exact) mass is 610 g/mol. The molecule has 0 saturated carbocycles. The zero-order valence-electron chi connectivity index (χ0n) is 22.6. The summed E-state index contributed by atoms with van der Waals surface area (Å²) < 4.78 is 69.2. The van der Waals surface area contributed by atoms with Gasteiger partial charge in [-0.25, -0.2) is 14.6 Å². The molecule has 1 aromatic carbocycles. The standard InChI is InChI=1S/C22H30N4O2.2C2HF3O2/c1-26(15-19-6-3-11-28-19)14-16-4-2-5-18(12-16)22-24-20(13-21(27)25-22)17-7-9-23-10-8-17;2*3-2(4,5)1(6)7/h2,4-5,12-13,17,19,23H,3,6-11,14-15H2,1H3,(H,24,25,27);2*(H,6,7). The topological polar surface area (TPSA) is 145 Å². The van der Waals surface area contributed by atoms with E-state index in [9.17, 15) is 31.1 Å².